The summed E-state index contributed by atoms with van der Waals surface area (Å²) in [7, 11) is 0. The number of rotatable bonds is 8. The van der Waals surface area contributed by atoms with Crippen molar-refractivity contribution in [1.29, 1.82) is 0 Å². The van der Waals surface area contributed by atoms with Gasteiger partial charge in [-0.3, -0.25) is 0 Å². The highest BCUT2D eigenvalue weighted by Gasteiger charge is 2.31. The number of hydrogen-bond donors (Lipinski definition) is 1. The highest BCUT2D eigenvalue weighted by Crippen LogP contribution is 2.31. The van der Waals surface area contributed by atoms with E-state index in [0.29, 0.717) is 6.10 Å². The van der Waals surface area contributed by atoms with Crippen molar-refractivity contribution >= 4 is 0 Å². The third kappa shape index (κ3) is 5.87. The van der Waals surface area contributed by atoms with Gasteiger partial charge in [0, 0.05) is 6.04 Å². The second-order valence-electron chi connectivity index (χ2n) is 6.01. The van der Waals surface area contributed by atoms with Crippen LogP contribution in [0.1, 0.15) is 72.6 Å². The van der Waals surface area contributed by atoms with Gasteiger partial charge in [-0.15, -0.1) is 0 Å². The van der Waals surface area contributed by atoms with E-state index in [-0.39, 0.29) is 5.60 Å². The van der Waals surface area contributed by atoms with Gasteiger partial charge in [0.05, 0.1) is 11.7 Å². The Morgan fingerprint density at radius 2 is 2.06 bits per heavy atom. The Morgan fingerprint density at radius 1 is 1.29 bits per heavy atom. The van der Waals surface area contributed by atoms with E-state index in [1.165, 1.54) is 44.9 Å². The summed E-state index contributed by atoms with van der Waals surface area (Å²) >= 11 is 0. The molecule has 0 saturated carbocycles. The first-order valence-electron chi connectivity index (χ1n) is 7.48. The quantitative estimate of drug-likeness (QED) is 0.696. The molecule has 1 fully saturated rings. The van der Waals surface area contributed by atoms with Gasteiger partial charge in [0.1, 0.15) is 0 Å². The predicted molar refractivity (Wildman–Crippen MR) is 74.4 cm³/mol. The molecule has 2 atom stereocenters. The molecule has 1 aliphatic rings. The van der Waals surface area contributed by atoms with Crippen LogP contribution in [0.5, 0.6) is 0 Å². The van der Waals surface area contributed by atoms with Crippen molar-refractivity contribution in [3.05, 3.63) is 0 Å². The normalized spacial score (nSPS) is 25.1. The first-order chi connectivity index (χ1) is 8.07. The lowest BCUT2D eigenvalue weighted by Crippen LogP contribution is -2.29. The molecule has 2 heteroatoms. The van der Waals surface area contributed by atoms with Crippen molar-refractivity contribution in [2.45, 2.75) is 90.4 Å². The van der Waals surface area contributed by atoms with Crippen LogP contribution in [0.25, 0.3) is 0 Å². The predicted octanol–water partition coefficient (Wildman–Crippen LogP) is 3.89. The number of ether oxygens (including phenoxy) is 1. The summed E-state index contributed by atoms with van der Waals surface area (Å²) in [6.07, 6.45) is 9.45. The van der Waals surface area contributed by atoms with Gasteiger partial charge in [-0.1, -0.05) is 20.3 Å². The lowest BCUT2D eigenvalue weighted by Gasteiger charge is -2.20. The van der Waals surface area contributed by atoms with Gasteiger partial charge in [0.2, 0.25) is 0 Å². The summed E-state index contributed by atoms with van der Waals surface area (Å²) in [5.41, 5.74) is 0.134. The van der Waals surface area contributed by atoms with Crippen LogP contribution in [-0.4, -0.2) is 24.3 Å². The molecular weight excluding hydrogens is 210 g/mol. The van der Waals surface area contributed by atoms with Gasteiger partial charge in [-0.25, -0.2) is 0 Å². The zero-order valence-corrected chi connectivity index (χ0v) is 12.2. The second kappa shape index (κ2) is 7.38. The van der Waals surface area contributed by atoms with Crippen molar-refractivity contribution in [3.63, 3.8) is 0 Å². The smallest absolute Gasteiger partial charge is 0.0631 e. The van der Waals surface area contributed by atoms with Crippen LogP contribution < -0.4 is 5.32 Å². The summed E-state index contributed by atoms with van der Waals surface area (Å²) in [6.45, 7) is 9.99. The Kier molecular flexibility index (Phi) is 6.50. The summed E-state index contributed by atoms with van der Waals surface area (Å²) in [5.74, 6) is 0. The lowest BCUT2D eigenvalue weighted by atomic mass is 10.0. The fourth-order valence-corrected chi connectivity index (χ4v) is 2.86. The molecule has 0 spiro atoms. The van der Waals surface area contributed by atoms with Crippen LogP contribution in [0.15, 0.2) is 0 Å². The first-order valence-corrected chi connectivity index (χ1v) is 7.48. The van der Waals surface area contributed by atoms with Gasteiger partial charge in [0.15, 0.2) is 0 Å². The Morgan fingerprint density at radius 3 is 2.59 bits per heavy atom. The zero-order chi connectivity index (χ0) is 12.7. The summed E-state index contributed by atoms with van der Waals surface area (Å²) in [6, 6.07) is 0.722. The molecule has 17 heavy (non-hydrogen) atoms. The van der Waals surface area contributed by atoms with E-state index in [0.717, 1.165) is 12.6 Å². The Balaban J connectivity index is 2.13. The molecular formula is C15H31NO. The lowest BCUT2D eigenvalue weighted by molar-refractivity contribution is -0.0193. The van der Waals surface area contributed by atoms with Crippen LogP contribution in [-0.2, 0) is 4.74 Å². The van der Waals surface area contributed by atoms with Crippen LogP contribution in [0.4, 0.5) is 0 Å². The van der Waals surface area contributed by atoms with Crippen LogP contribution in [0.2, 0.25) is 0 Å². The van der Waals surface area contributed by atoms with E-state index < -0.39 is 0 Å². The SMILES string of the molecule is CCCC(CCCC1CCC(C)(C)O1)NCC. The second-order valence-corrected chi connectivity index (χ2v) is 6.01. The molecule has 2 nitrogen and oxygen atoms in total. The minimum atomic E-state index is 0.134. The largest absolute Gasteiger partial charge is 0.372 e. The van der Waals surface area contributed by atoms with Gasteiger partial charge in [-0.2, -0.15) is 0 Å². The molecule has 0 amide bonds. The van der Waals surface area contributed by atoms with Crippen molar-refractivity contribution in [2.75, 3.05) is 6.54 Å². The topological polar surface area (TPSA) is 21.3 Å². The van der Waals surface area contributed by atoms with Gasteiger partial charge < -0.3 is 10.1 Å². The Hall–Kier alpha value is -0.0800. The first kappa shape index (κ1) is 15.0. The van der Waals surface area contributed by atoms with E-state index in [1.807, 2.05) is 0 Å². The maximum absolute atomic E-state index is 6.03. The maximum Gasteiger partial charge on any atom is 0.0631 e. The summed E-state index contributed by atoms with van der Waals surface area (Å²) < 4.78 is 6.03. The van der Waals surface area contributed by atoms with Crippen molar-refractivity contribution in [2.24, 2.45) is 0 Å². The average Bonchev–Trinajstić information content (AvgIpc) is 2.59. The fraction of sp³-hybridized carbons (Fsp3) is 1.00. The molecule has 0 bridgehead atoms. The van der Waals surface area contributed by atoms with Crippen molar-refractivity contribution in [1.82, 2.24) is 5.32 Å². The molecule has 1 aliphatic heterocycles. The van der Waals surface area contributed by atoms with E-state index in [4.69, 9.17) is 4.74 Å². The zero-order valence-electron chi connectivity index (χ0n) is 12.2. The van der Waals surface area contributed by atoms with Crippen LogP contribution in [0.3, 0.4) is 0 Å². The average molecular weight is 241 g/mol. The molecule has 0 aromatic heterocycles. The highest BCUT2D eigenvalue weighted by atomic mass is 16.5. The van der Waals surface area contributed by atoms with E-state index in [2.05, 4.69) is 33.0 Å². The molecule has 1 heterocycles. The molecule has 0 radical (unpaired) electrons. The minimum Gasteiger partial charge on any atom is -0.372 e. The van der Waals surface area contributed by atoms with Crippen molar-refractivity contribution in [3.8, 4) is 0 Å². The number of nitrogens with one attached hydrogen (secondary N) is 1. The van der Waals surface area contributed by atoms with Gasteiger partial charge in [0.25, 0.3) is 0 Å². The van der Waals surface area contributed by atoms with Crippen LogP contribution >= 0.6 is 0 Å². The van der Waals surface area contributed by atoms with Crippen LogP contribution in [0, 0.1) is 0 Å². The Labute approximate surface area is 108 Å². The van der Waals surface area contributed by atoms with Crippen molar-refractivity contribution < 1.29 is 4.74 Å². The fourth-order valence-electron chi connectivity index (χ4n) is 2.86. The molecule has 2 unspecified atom stereocenters. The molecule has 0 aromatic carbocycles. The molecule has 1 rings (SSSR count). The van der Waals surface area contributed by atoms with E-state index in [9.17, 15) is 0 Å². The molecule has 1 saturated heterocycles. The summed E-state index contributed by atoms with van der Waals surface area (Å²) in [5, 5.41) is 3.58. The summed E-state index contributed by atoms with van der Waals surface area (Å²) in [4.78, 5) is 0. The van der Waals surface area contributed by atoms with E-state index >= 15 is 0 Å². The third-order valence-corrected chi connectivity index (χ3v) is 3.76. The molecule has 102 valence electrons. The third-order valence-electron chi connectivity index (χ3n) is 3.76. The molecule has 0 aromatic rings. The minimum absolute atomic E-state index is 0.134. The van der Waals surface area contributed by atoms with Gasteiger partial charge >= 0.3 is 0 Å². The molecule has 0 aliphatic carbocycles. The van der Waals surface area contributed by atoms with Gasteiger partial charge in [-0.05, 0) is 58.9 Å². The van der Waals surface area contributed by atoms with E-state index in [1.54, 1.807) is 0 Å². The highest BCUT2D eigenvalue weighted by molar-refractivity contribution is 4.81. The number of hydrogen-bond acceptors (Lipinski definition) is 2. The maximum atomic E-state index is 6.03. The standard InChI is InChI=1S/C15H31NO/c1-5-8-13(16-6-2)9-7-10-14-11-12-15(3,4)17-14/h13-14,16H,5-12H2,1-4H3. The molecule has 1 N–H and O–H groups in total. The Bertz CT molecular complexity index is 195. The monoisotopic (exact) mass is 241 g/mol.